The minimum absolute atomic E-state index is 0.0230. The van der Waals surface area contributed by atoms with Gasteiger partial charge in [0.05, 0.1) is 12.1 Å². The molecule has 19 nitrogen and oxygen atoms in total. The van der Waals surface area contributed by atoms with Crippen LogP contribution >= 0.6 is 0 Å². The molecule has 4 amide bonds. The lowest BCUT2D eigenvalue weighted by Crippen LogP contribution is -2.56. The van der Waals surface area contributed by atoms with E-state index in [0.717, 1.165) is 0 Å². The van der Waals surface area contributed by atoms with Crippen molar-refractivity contribution in [2.75, 3.05) is 32.7 Å². The molecule has 0 saturated carbocycles. The third-order valence-corrected chi connectivity index (χ3v) is 7.84. The molecule has 1 unspecified atom stereocenters. The Morgan fingerprint density at radius 2 is 1.33 bits per heavy atom. The zero-order chi connectivity index (χ0) is 36.1. The van der Waals surface area contributed by atoms with Crippen molar-refractivity contribution in [2.24, 2.45) is 50.1 Å². The number of carbonyl (C=O) groups excluding carboxylic acids is 4. The molecule has 0 spiro atoms. The lowest BCUT2D eigenvalue weighted by molar-refractivity contribution is -0.145. The Kier molecular flexibility index (Phi) is 20.2. The summed E-state index contributed by atoms with van der Waals surface area (Å²) in [6.45, 7) is 1.60. The number of nitrogens with zero attached hydrogens (tertiary/aromatic N) is 3. The number of rotatable bonds is 24. The first kappa shape index (κ1) is 41.8. The van der Waals surface area contributed by atoms with Crippen LogP contribution in [0.25, 0.3) is 0 Å². The summed E-state index contributed by atoms with van der Waals surface area (Å²) >= 11 is 0. The summed E-state index contributed by atoms with van der Waals surface area (Å²) in [7, 11) is 0. The van der Waals surface area contributed by atoms with E-state index in [-0.39, 0.29) is 50.3 Å². The largest absolute Gasteiger partial charge is 0.480 e. The molecule has 18 N–H and O–H groups in total. The Bertz CT molecular complexity index is 1100. The predicted molar refractivity (Wildman–Crippen MR) is 182 cm³/mol. The van der Waals surface area contributed by atoms with E-state index in [9.17, 15) is 29.1 Å². The molecule has 0 aromatic carbocycles. The number of likely N-dealkylation sites (tertiary alicyclic amines) is 1. The molecule has 1 rings (SSSR count). The van der Waals surface area contributed by atoms with Crippen molar-refractivity contribution in [2.45, 2.75) is 107 Å². The number of carboxylic acid groups (broad SMARTS) is 1. The van der Waals surface area contributed by atoms with Crippen molar-refractivity contribution in [3.8, 4) is 0 Å². The van der Waals surface area contributed by atoms with Gasteiger partial charge in [-0.3, -0.25) is 29.2 Å². The second-order valence-corrected chi connectivity index (χ2v) is 11.8. The number of hydrogen-bond donors (Lipinski definition) is 11. The number of carbonyl (C=O) groups is 5. The summed E-state index contributed by atoms with van der Waals surface area (Å²) in [6, 6.07) is -4.60. The summed E-state index contributed by atoms with van der Waals surface area (Å²) in [6.07, 6.45) is 5.28. The van der Waals surface area contributed by atoms with Crippen LogP contribution in [0.2, 0.25) is 0 Å². The van der Waals surface area contributed by atoms with Crippen LogP contribution < -0.4 is 56.1 Å². The van der Waals surface area contributed by atoms with Crippen LogP contribution in [-0.4, -0.2) is 114 Å². The monoisotopic (exact) mass is 683 g/mol. The second kappa shape index (κ2) is 23.2. The Morgan fingerprint density at radius 1 is 0.750 bits per heavy atom. The summed E-state index contributed by atoms with van der Waals surface area (Å²) in [5, 5.41) is 17.6. The van der Waals surface area contributed by atoms with E-state index in [2.05, 4.69) is 25.9 Å². The first-order valence-corrected chi connectivity index (χ1v) is 16.5. The average molecular weight is 684 g/mol. The molecule has 0 bridgehead atoms. The van der Waals surface area contributed by atoms with Gasteiger partial charge >= 0.3 is 5.97 Å². The van der Waals surface area contributed by atoms with Gasteiger partial charge in [-0.15, -0.1) is 0 Å². The highest BCUT2D eigenvalue weighted by Crippen LogP contribution is 2.20. The summed E-state index contributed by atoms with van der Waals surface area (Å²) < 4.78 is 0. The lowest BCUT2D eigenvalue weighted by atomic mass is 10.1. The molecule has 1 saturated heterocycles. The maximum atomic E-state index is 13.6. The van der Waals surface area contributed by atoms with Crippen LogP contribution in [0.4, 0.5) is 0 Å². The molecule has 19 heteroatoms. The maximum Gasteiger partial charge on any atom is 0.326 e. The number of nitrogens with two attached hydrogens (primary N) is 7. The van der Waals surface area contributed by atoms with Crippen LogP contribution in [0.3, 0.4) is 0 Å². The van der Waals surface area contributed by atoms with E-state index in [1.807, 2.05) is 0 Å². The highest BCUT2D eigenvalue weighted by molar-refractivity contribution is 5.94. The molecular weight excluding hydrogens is 626 g/mol. The molecule has 0 aromatic heterocycles. The molecule has 1 heterocycles. The van der Waals surface area contributed by atoms with Gasteiger partial charge in [0.1, 0.15) is 18.1 Å². The Labute approximate surface area is 281 Å². The number of carboxylic acids is 1. The van der Waals surface area contributed by atoms with Crippen LogP contribution in [0.15, 0.2) is 9.98 Å². The van der Waals surface area contributed by atoms with Crippen molar-refractivity contribution in [1.82, 2.24) is 20.9 Å². The first-order valence-electron chi connectivity index (χ1n) is 16.5. The van der Waals surface area contributed by atoms with Crippen LogP contribution in [0, 0.1) is 0 Å². The SMILES string of the molecule is NCCC[C@H](NC(=O)[C@@H](N)CCCCNC(=O)C(N)CCCCN=C(N)N)C(=O)N1CCC[C@H]1C(=O)N[C@@H](CCCN=C(N)N)C(=O)O. The topological polar surface area (TPSA) is 352 Å². The van der Waals surface area contributed by atoms with Gasteiger partial charge in [0.15, 0.2) is 11.9 Å². The summed E-state index contributed by atoms with van der Waals surface area (Å²) in [5.74, 6) is -3.16. The predicted octanol–water partition coefficient (Wildman–Crippen LogP) is -3.79. The highest BCUT2D eigenvalue weighted by atomic mass is 16.4. The number of amides is 4. The maximum absolute atomic E-state index is 13.6. The van der Waals surface area contributed by atoms with Gasteiger partial charge in [-0.2, -0.15) is 0 Å². The zero-order valence-electron chi connectivity index (χ0n) is 27.8. The minimum Gasteiger partial charge on any atom is -0.480 e. The normalized spacial score (nSPS) is 16.6. The van der Waals surface area contributed by atoms with Gasteiger partial charge in [-0.25, -0.2) is 4.79 Å². The zero-order valence-corrected chi connectivity index (χ0v) is 27.8. The molecule has 48 heavy (non-hydrogen) atoms. The third-order valence-electron chi connectivity index (χ3n) is 7.84. The van der Waals surface area contributed by atoms with Gasteiger partial charge in [0.2, 0.25) is 23.6 Å². The first-order chi connectivity index (χ1) is 22.8. The van der Waals surface area contributed by atoms with E-state index in [4.69, 9.17) is 40.1 Å². The second-order valence-electron chi connectivity index (χ2n) is 11.8. The Balaban J connectivity index is 2.61. The van der Waals surface area contributed by atoms with Crippen LogP contribution in [0.1, 0.15) is 77.0 Å². The molecule has 5 atom stereocenters. The van der Waals surface area contributed by atoms with Crippen molar-refractivity contribution >= 4 is 41.5 Å². The highest BCUT2D eigenvalue weighted by Gasteiger charge is 2.39. The van der Waals surface area contributed by atoms with Gasteiger partial charge in [-0.05, 0) is 83.6 Å². The van der Waals surface area contributed by atoms with E-state index in [1.54, 1.807) is 0 Å². The number of unbranched alkanes of at least 4 members (excludes halogenated alkanes) is 2. The van der Waals surface area contributed by atoms with E-state index in [0.29, 0.717) is 77.3 Å². The minimum atomic E-state index is -1.22. The molecule has 1 fully saturated rings. The molecule has 1 aliphatic heterocycles. The number of aliphatic carboxylic acids is 1. The molecule has 1 aliphatic rings. The fourth-order valence-corrected chi connectivity index (χ4v) is 5.17. The van der Waals surface area contributed by atoms with Crippen molar-refractivity contribution < 1.29 is 29.1 Å². The molecule has 0 radical (unpaired) electrons. The number of guanidine groups is 2. The molecule has 0 aromatic rings. The van der Waals surface area contributed by atoms with E-state index >= 15 is 0 Å². The number of nitrogens with one attached hydrogen (secondary N) is 3. The van der Waals surface area contributed by atoms with Crippen molar-refractivity contribution in [3.05, 3.63) is 0 Å². The van der Waals surface area contributed by atoms with Gasteiger partial charge < -0.3 is 66.1 Å². The van der Waals surface area contributed by atoms with E-state index < -0.39 is 53.9 Å². The molecule has 274 valence electrons. The summed E-state index contributed by atoms with van der Waals surface area (Å²) in [5.41, 5.74) is 38.9. The Hall–Kier alpha value is -4.23. The third kappa shape index (κ3) is 16.6. The number of aliphatic imine (C=N–C) groups is 2. The molecular formula is C29H57N13O6. The van der Waals surface area contributed by atoms with Crippen molar-refractivity contribution in [1.29, 1.82) is 0 Å². The van der Waals surface area contributed by atoms with Crippen LogP contribution in [0.5, 0.6) is 0 Å². The fraction of sp³-hybridized carbons (Fsp3) is 0.759. The lowest BCUT2D eigenvalue weighted by Gasteiger charge is -2.30. The van der Waals surface area contributed by atoms with Crippen molar-refractivity contribution in [3.63, 3.8) is 0 Å². The Morgan fingerprint density at radius 3 is 1.94 bits per heavy atom. The van der Waals surface area contributed by atoms with Gasteiger partial charge in [0.25, 0.3) is 0 Å². The smallest absolute Gasteiger partial charge is 0.326 e. The number of hydrogen-bond acceptors (Lipinski definition) is 10. The van der Waals surface area contributed by atoms with Gasteiger partial charge in [0, 0.05) is 26.2 Å². The van der Waals surface area contributed by atoms with Crippen LogP contribution in [-0.2, 0) is 24.0 Å². The average Bonchev–Trinajstić information content (AvgIpc) is 3.53. The fourth-order valence-electron chi connectivity index (χ4n) is 5.17. The van der Waals surface area contributed by atoms with E-state index in [1.165, 1.54) is 4.90 Å². The molecule has 0 aliphatic carbocycles. The van der Waals surface area contributed by atoms with Gasteiger partial charge in [-0.1, -0.05) is 0 Å². The quantitative estimate of drug-likeness (QED) is 0.0264. The summed E-state index contributed by atoms with van der Waals surface area (Å²) in [4.78, 5) is 72.7. The standard InChI is InChI=1S/C29H57N13O6/c30-13-5-10-20(26(46)42-17-7-12-22(42)25(45)41-21(27(47)48)11-6-16-39-29(35)36)40-24(44)19(32)9-1-3-14-37-23(43)18(31)8-2-4-15-38-28(33)34/h18-22H,1-17,30-32H2,(H,37,43)(H,40,44)(H,41,45)(H,47,48)(H4,33,34,38)(H4,35,36,39)/t18?,19-,20-,21-,22-/m0/s1.